The number of hydrogen-bond acceptors (Lipinski definition) is 5. The first-order chi connectivity index (χ1) is 10.7. The molecule has 0 saturated carbocycles. The number of aryl methyl sites for hydroxylation is 1. The standard InChI is InChI=1S/C15H19N5O2/c1-10-6-12-13(18-10)14(17-9-16-12)20-7-11(8-20)15(21)19-2-4-22-5-3-19/h6,9,11,18H,2-5,7-8H2,1H3. The number of aromatic amines is 1. The summed E-state index contributed by atoms with van der Waals surface area (Å²) in [5.74, 6) is 1.20. The predicted octanol–water partition coefficient (Wildman–Crippen LogP) is 0.561. The minimum Gasteiger partial charge on any atom is -0.378 e. The molecular formula is C15H19N5O2. The van der Waals surface area contributed by atoms with Gasteiger partial charge in [0.05, 0.1) is 24.6 Å². The lowest BCUT2D eigenvalue weighted by Crippen LogP contribution is -2.56. The van der Waals surface area contributed by atoms with E-state index in [1.165, 1.54) is 0 Å². The molecule has 22 heavy (non-hydrogen) atoms. The molecule has 0 spiro atoms. The van der Waals surface area contributed by atoms with Crippen LogP contribution in [0.4, 0.5) is 5.82 Å². The molecule has 7 heteroatoms. The van der Waals surface area contributed by atoms with Crippen molar-refractivity contribution in [2.45, 2.75) is 6.92 Å². The summed E-state index contributed by atoms with van der Waals surface area (Å²) in [4.78, 5) is 28.5. The van der Waals surface area contributed by atoms with Gasteiger partial charge in [0.2, 0.25) is 5.91 Å². The summed E-state index contributed by atoms with van der Waals surface area (Å²) >= 11 is 0. The van der Waals surface area contributed by atoms with Crippen molar-refractivity contribution in [2.24, 2.45) is 5.92 Å². The number of amides is 1. The predicted molar refractivity (Wildman–Crippen MR) is 81.7 cm³/mol. The fourth-order valence-corrected chi connectivity index (χ4v) is 3.15. The van der Waals surface area contributed by atoms with Crippen molar-refractivity contribution in [2.75, 3.05) is 44.3 Å². The molecule has 7 nitrogen and oxygen atoms in total. The maximum Gasteiger partial charge on any atom is 0.229 e. The van der Waals surface area contributed by atoms with Gasteiger partial charge < -0.3 is 19.5 Å². The van der Waals surface area contributed by atoms with Gasteiger partial charge in [-0.25, -0.2) is 9.97 Å². The summed E-state index contributed by atoms with van der Waals surface area (Å²) in [6.07, 6.45) is 1.59. The van der Waals surface area contributed by atoms with Gasteiger partial charge in [-0.1, -0.05) is 0 Å². The number of ether oxygens (including phenoxy) is 1. The number of nitrogens with one attached hydrogen (secondary N) is 1. The quantitative estimate of drug-likeness (QED) is 0.877. The van der Waals surface area contributed by atoms with Crippen molar-refractivity contribution in [3.8, 4) is 0 Å². The van der Waals surface area contributed by atoms with E-state index in [-0.39, 0.29) is 11.8 Å². The van der Waals surface area contributed by atoms with Gasteiger partial charge in [-0.3, -0.25) is 4.79 Å². The maximum atomic E-state index is 12.4. The molecule has 2 fully saturated rings. The zero-order chi connectivity index (χ0) is 15.1. The van der Waals surface area contributed by atoms with Gasteiger partial charge in [-0.15, -0.1) is 0 Å². The summed E-state index contributed by atoms with van der Waals surface area (Å²) in [7, 11) is 0. The summed E-state index contributed by atoms with van der Waals surface area (Å²) in [6, 6.07) is 2.01. The monoisotopic (exact) mass is 301 g/mol. The lowest BCUT2D eigenvalue weighted by Gasteiger charge is -2.42. The molecule has 0 atom stereocenters. The van der Waals surface area contributed by atoms with Crippen LogP contribution < -0.4 is 4.90 Å². The van der Waals surface area contributed by atoms with Crippen LogP contribution in [0.25, 0.3) is 11.0 Å². The molecule has 2 aliphatic rings. The third-order valence-electron chi connectivity index (χ3n) is 4.39. The van der Waals surface area contributed by atoms with Crippen LogP contribution in [-0.4, -0.2) is 65.2 Å². The minimum absolute atomic E-state index is 0.0687. The van der Waals surface area contributed by atoms with E-state index in [1.807, 2.05) is 17.9 Å². The first-order valence-electron chi connectivity index (χ1n) is 7.64. The van der Waals surface area contributed by atoms with Gasteiger partial charge in [0.1, 0.15) is 11.8 Å². The third kappa shape index (κ3) is 2.21. The Morgan fingerprint density at radius 1 is 1.32 bits per heavy atom. The fourth-order valence-electron chi connectivity index (χ4n) is 3.15. The highest BCUT2D eigenvalue weighted by molar-refractivity contribution is 5.89. The lowest BCUT2D eigenvalue weighted by atomic mass is 9.98. The van der Waals surface area contributed by atoms with E-state index in [9.17, 15) is 4.79 Å². The van der Waals surface area contributed by atoms with Crippen LogP contribution in [-0.2, 0) is 9.53 Å². The second kappa shape index (κ2) is 5.24. The van der Waals surface area contributed by atoms with Crippen molar-refractivity contribution in [1.29, 1.82) is 0 Å². The molecule has 0 bridgehead atoms. The topological polar surface area (TPSA) is 74.3 Å². The van der Waals surface area contributed by atoms with E-state index in [1.54, 1.807) is 6.33 Å². The molecular weight excluding hydrogens is 282 g/mol. The van der Waals surface area contributed by atoms with Crippen molar-refractivity contribution in [1.82, 2.24) is 19.9 Å². The zero-order valence-electron chi connectivity index (χ0n) is 12.6. The summed E-state index contributed by atoms with van der Waals surface area (Å²) < 4.78 is 5.30. The highest BCUT2D eigenvalue weighted by atomic mass is 16.5. The number of hydrogen-bond donors (Lipinski definition) is 1. The van der Waals surface area contributed by atoms with E-state index in [4.69, 9.17) is 4.74 Å². The van der Waals surface area contributed by atoms with Crippen LogP contribution in [0.5, 0.6) is 0 Å². The van der Waals surface area contributed by atoms with Crippen LogP contribution in [0.3, 0.4) is 0 Å². The second-order valence-corrected chi connectivity index (χ2v) is 5.95. The van der Waals surface area contributed by atoms with E-state index < -0.39 is 0 Å². The Morgan fingerprint density at radius 2 is 2.09 bits per heavy atom. The average molecular weight is 301 g/mol. The van der Waals surface area contributed by atoms with Gasteiger partial charge in [-0.05, 0) is 13.0 Å². The molecule has 4 heterocycles. The number of fused-ring (bicyclic) bond motifs is 1. The Bertz CT molecular complexity index is 701. The Kier molecular flexibility index (Phi) is 3.22. The van der Waals surface area contributed by atoms with Crippen molar-refractivity contribution in [3.05, 3.63) is 18.1 Å². The van der Waals surface area contributed by atoms with Gasteiger partial charge >= 0.3 is 0 Å². The molecule has 1 N–H and O–H groups in total. The fraction of sp³-hybridized carbons (Fsp3) is 0.533. The Balaban J connectivity index is 1.47. The number of morpholine rings is 1. The van der Waals surface area contributed by atoms with Crippen LogP contribution in [0, 0.1) is 12.8 Å². The molecule has 0 unspecified atom stereocenters. The Morgan fingerprint density at radius 3 is 2.86 bits per heavy atom. The normalized spacial score (nSPS) is 19.5. The van der Waals surface area contributed by atoms with Crippen molar-refractivity contribution < 1.29 is 9.53 Å². The first-order valence-corrected chi connectivity index (χ1v) is 7.64. The number of rotatable bonds is 2. The van der Waals surface area contributed by atoms with Crippen LogP contribution >= 0.6 is 0 Å². The molecule has 2 aromatic heterocycles. The van der Waals surface area contributed by atoms with Crippen molar-refractivity contribution in [3.63, 3.8) is 0 Å². The number of aromatic nitrogens is 3. The largest absolute Gasteiger partial charge is 0.378 e. The van der Waals surface area contributed by atoms with Crippen LogP contribution in [0.15, 0.2) is 12.4 Å². The van der Waals surface area contributed by atoms with E-state index in [0.29, 0.717) is 26.3 Å². The molecule has 2 aliphatic heterocycles. The number of nitrogens with zero attached hydrogens (tertiary/aromatic N) is 4. The summed E-state index contributed by atoms with van der Waals surface area (Å²) in [5, 5.41) is 0. The van der Waals surface area contributed by atoms with Crippen LogP contribution in [0.1, 0.15) is 5.69 Å². The highest BCUT2D eigenvalue weighted by Crippen LogP contribution is 2.29. The van der Waals surface area contributed by atoms with Crippen LogP contribution in [0.2, 0.25) is 0 Å². The number of carbonyl (C=O) groups is 1. The number of carbonyl (C=O) groups excluding carboxylic acids is 1. The number of anilines is 1. The zero-order valence-corrected chi connectivity index (χ0v) is 12.6. The average Bonchev–Trinajstić information content (AvgIpc) is 2.87. The minimum atomic E-state index is 0.0687. The van der Waals surface area contributed by atoms with Gasteiger partial charge in [0, 0.05) is 31.9 Å². The lowest BCUT2D eigenvalue weighted by molar-refractivity contribution is -0.140. The van der Waals surface area contributed by atoms with Gasteiger partial charge in [0.15, 0.2) is 5.82 Å². The molecule has 0 radical (unpaired) electrons. The summed E-state index contributed by atoms with van der Waals surface area (Å²) in [5.41, 5.74) is 2.95. The van der Waals surface area contributed by atoms with Gasteiger partial charge in [-0.2, -0.15) is 0 Å². The Hall–Kier alpha value is -2.15. The highest BCUT2D eigenvalue weighted by Gasteiger charge is 2.37. The molecule has 0 aromatic carbocycles. The SMILES string of the molecule is Cc1cc2ncnc(N3CC(C(=O)N4CCOCC4)C3)c2[nH]1. The number of H-pyrrole nitrogens is 1. The molecule has 4 rings (SSSR count). The second-order valence-electron chi connectivity index (χ2n) is 5.95. The molecule has 1 amide bonds. The van der Waals surface area contributed by atoms with E-state index >= 15 is 0 Å². The molecule has 2 aromatic rings. The maximum absolute atomic E-state index is 12.4. The van der Waals surface area contributed by atoms with Crippen molar-refractivity contribution >= 4 is 22.8 Å². The molecule has 116 valence electrons. The van der Waals surface area contributed by atoms with Gasteiger partial charge in [0.25, 0.3) is 0 Å². The summed E-state index contributed by atoms with van der Waals surface area (Å²) in [6.45, 7) is 6.17. The smallest absolute Gasteiger partial charge is 0.229 e. The molecule has 2 saturated heterocycles. The van der Waals surface area contributed by atoms with E-state index in [2.05, 4.69) is 19.9 Å². The van der Waals surface area contributed by atoms with E-state index in [0.717, 1.165) is 35.6 Å². The Labute approximate surface area is 128 Å². The third-order valence-corrected chi connectivity index (χ3v) is 4.39. The molecule has 0 aliphatic carbocycles. The first kappa shape index (κ1) is 13.5.